The summed E-state index contributed by atoms with van der Waals surface area (Å²) in [5.74, 6) is -1.53. The number of ketones is 2. The van der Waals surface area contributed by atoms with Crippen LogP contribution in [-0.2, 0) is 28.7 Å². The summed E-state index contributed by atoms with van der Waals surface area (Å²) >= 11 is 0. The lowest BCUT2D eigenvalue weighted by atomic mass is 10.1. The quantitative estimate of drug-likeness (QED) is 0.438. The molecule has 0 unspecified atom stereocenters. The highest BCUT2D eigenvalue weighted by Gasteiger charge is 2.13. The minimum Gasteiger partial charge on any atom is -0.466 e. The van der Waals surface area contributed by atoms with Crippen LogP contribution in [0, 0.1) is 0 Å². The molecule has 0 saturated heterocycles. The minimum absolute atomic E-state index is 0.00994. The molecule has 0 radical (unpaired) electrons. The molecule has 0 heterocycles. The van der Waals surface area contributed by atoms with Gasteiger partial charge in [-0.25, -0.2) is 0 Å². The third-order valence-electron chi connectivity index (χ3n) is 2.22. The van der Waals surface area contributed by atoms with Crippen molar-refractivity contribution in [3.05, 3.63) is 0 Å². The van der Waals surface area contributed by atoms with Crippen molar-refractivity contribution in [1.29, 1.82) is 0 Å². The van der Waals surface area contributed by atoms with Gasteiger partial charge in [-0.15, -0.1) is 0 Å². The Hall–Kier alpha value is -1.72. The maximum Gasteiger partial charge on any atom is 0.306 e. The molecule has 0 saturated carbocycles. The van der Waals surface area contributed by atoms with Crippen molar-refractivity contribution in [2.75, 3.05) is 13.2 Å². The second kappa shape index (κ2) is 10.2. The first-order valence-corrected chi connectivity index (χ1v) is 6.34. The second-order valence-electron chi connectivity index (χ2n) is 3.86. The van der Waals surface area contributed by atoms with Crippen LogP contribution in [0.5, 0.6) is 0 Å². The predicted octanol–water partition coefficient (Wildman–Crippen LogP) is 1.20. The Morgan fingerprint density at radius 2 is 1.05 bits per heavy atom. The van der Waals surface area contributed by atoms with Crippen LogP contribution >= 0.6 is 0 Å². The Morgan fingerprint density at radius 1 is 0.684 bits per heavy atom. The molecular formula is C13H20O6. The zero-order chi connectivity index (χ0) is 14.7. The second-order valence-corrected chi connectivity index (χ2v) is 3.86. The van der Waals surface area contributed by atoms with Crippen LogP contribution in [-0.4, -0.2) is 36.7 Å². The van der Waals surface area contributed by atoms with Crippen LogP contribution in [0.2, 0.25) is 0 Å². The summed E-state index contributed by atoms with van der Waals surface area (Å²) in [5.41, 5.74) is 0. The van der Waals surface area contributed by atoms with Gasteiger partial charge in [0.1, 0.15) is 11.6 Å². The number of esters is 2. The maximum atomic E-state index is 11.4. The molecule has 0 aliphatic rings. The molecule has 0 N–H and O–H groups in total. The van der Waals surface area contributed by atoms with Gasteiger partial charge in [-0.2, -0.15) is 0 Å². The molecule has 0 rings (SSSR count). The van der Waals surface area contributed by atoms with Gasteiger partial charge in [0, 0.05) is 12.8 Å². The highest BCUT2D eigenvalue weighted by molar-refractivity contribution is 6.00. The molecule has 0 fully saturated rings. The van der Waals surface area contributed by atoms with E-state index in [4.69, 9.17) is 0 Å². The van der Waals surface area contributed by atoms with Gasteiger partial charge in [0.25, 0.3) is 0 Å². The summed E-state index contributed by atoms with van der Waals surface area (Å²) in [5, 5.41) is 0. The molecule has 6 heteroatoms. The molecule has 0 aromatic carbocycles. The fraction of sp³-hybridized carbons (Fsp3) is 0.692. The van der Waals surface area contributed by atoms with E-state index in [1.54, 1.807) is 13.8 Å². The number of carbonyl (C=O) groups excluding carboxylic acids is 4. The van der Waals surface area contributed by atoms with Gasteiger partial charge >= 0.3 is 11.9 Å². The minimum atomic E-state index is -0.449. The summed E-state index contributed by atoms with van der Waals surface area (Å²) < 4.78 is 9.33. The summed E-state index contributed by atoms with van der Waals surface area (Å²) in [6.07, 6.45) is -0.303. The van der Waals surface area contributed by atoms with Gasteiger partial charge in [0.2, 0.25) is 0 Å². The Balaban J connectivity index is 3.78. The van der Waals surface area contributed by atoms with E-state index in [0.717, 1.165) is 0 Å². The molecule has 0 aromatic heterocycles. The Morgan fingerprint density at radius 3 is 1.37 bits per heavy atom. The Bertz CT molecular complexity index is 302. The molecule has 0 spiro atoms. The molecule has 0 aromatic rings. The van der Waals surface area contributed by atoms with Crippen LogP contribution in [0.15, 0.2) is 0 Å². The molecule has 0 aliphatic carbocycles. The van der Waals surface area contributed by atoms with E-state index in [-0.39, 0.29) is 56.9 Å². The van der Waals surface area contributed by atoms with Crippen LogP contribution in [0.4, 0.5) is 0 Å². The zero-order valence-electron chi connectivity index (χ0n) is 11.4. The monoisotopic (exact) mass is 272 g/mol. The zero-order valence-corrected chi connectivity index (χ0v) is 11.4. The number of carbonyl (C=O) groups is 4. The molecule has 0 bridgehead atoms. The maximum absolute atomic E-state index is 11.4. The fourth-order valence-corrected chi connectivity index (χ4v) is 1.35. The van der Waals surface area contributed by atoms with Crippen molar-refractivity contribution in [3.63, 3.8) is 0 Å². The largest absolute Gasteiger partial charge is 0.466 e. The van der Waals surface area contributed by atoms with E-state index in [1.807, 2.05) is 0 Å². The summed E-state index contributed by atoms with van der Waals surface area (Å²) in [6, 6.07) is 0. The summed E-state index contributed by atoms with van der Waals surface area (Å²) in [4.78, 5) is 44.8. The number of hydrogen-bond acceptors (Lipinski definition) is 6. The first-order valence-electron chi connectivity index (χ1n) is 6.34. The molecule has 108 valence electrons. The van der Waals surface area contributed by atoms with Gasteiger partial charge in [0.15, 0.2) is 0 Å². The number of rotatable bonds is 10. The van der Waals surface area contributed by atoms with Crippen LogP contribution in [0.3, 0.4) is 0 Å². The summed E-state index contributed by atoms with van der Waals surface area (Å²) in [7, 11) is 0. The first kappa shape index (κ1) is 17.3. The first-order chi connectivity index (χ1) is 8.99. The van der Waals surface area contributed by atoms with Gasteiger partial charge in [0.05, 0.1) is 32.5 Å². The lowest BCUT2D eigenvalue weighted by Gasteiger charge is -2.02. The van der Waals surface area contributed by atoms with Crippen LogP contribution in [0.1, 0.15) is 46.0 Å². The fourth-order valence-electron chi connectivity index (χ4n) is 1.35. The molecular weight excluding hydrogens is 252 g/mol. The van der Waals surface area contributed by atoms with Gasteiger partial charge in [-0.3, -0.25) is 19.2 Å². The summed E-state index contributed by atoms with van der Waals surface area (Å²) in [6.45, 7) is 3.90. The SMILES string of the molecule is CCOC(=O)CCC(=O)CC(=O)CCC(=O)OCC. The van der Waals surface area contributed by atoms with E-state index in [9.17, 15) is 19.2 Å². The van der Waals surface area contributed by atoms with E-state index >= 15 is 0 Å². The highest BCUT2D eigenvalue weighted by Crippen LogP contribution is 2.03. The highest BCUT2D eigenvalue weighted by atomic mass is 16.5. The van der Waals surface area contributed by atoms with E-state index in [1.165, 1.54) is 0 Å². The molecule has 0 atom stereocenters. The van der Waals surface area contributed by atoms with E-state index in [0.29, 0.717) is 0 Å². The van der Waals surface area contributed by atoms with Crippen molar-refractivity contribution in [2.45, 2.75) is 46.0 Å². The normalized spacial score (nSPS) is 9.79. The lowest BCUT2D eigenvalue weighted by Crippen LogP contribution is -2.13. The lowest BCUT2D eigenvalue weighted by molar-refractivity contribution is -0.144. The van der Waals surface area contributed by atoms with Gasteiger partial charge in [-0.05, 0) is 13.8 Å². The Labute approximate surface area is 112 Å². The van der Waals surface area contributed by atoms with Gasteiger partial charge in [-0.1, -0.05) is 0 Å². The molecule has 19 heavy (non-hydrogen) atoms. The van der Waals surface area contributed by atoms with Gasteiger partial charge < -0.3 is 9.47 Å². The van der Waals surface area contributed by atoms with Crippen molar-refractivity contribution in [1.82, 2.24) is 0 Å². The number of ether oxygens (including phenoxy) is 2. The molecule has 0 aliphatic heterocycles. The third-order valence-corrected chi connectivity index (χ3v) is 2.22. The van der Waals surface area contributed by atoms with Crippen LogP contribution < -0.4 is 0 Å². The smallest absolute Gasteiger partial charge is 0.306 e. The van der Waals surface area contributed by atoms with Crippen molar-refractivity contribution in [3.8, 4) is 0 Å². The molecule has 0 amide bonds. The van der Waals surface area contributed by atoms with E-state index in [2.05, 4.69) is 9.47 Å². The van der Waals surface area contributed by atoms with Crippen molar-refractivity contribution >= 4 is 23.5 Å². The van der Waals surface area contributed by atoms with E-state index < -0.39 is 11.9 Å². The van der Waals surface area contributed by atoms with Crippen LogP contribution in [0.25, 0.3) is 0 Å². The standard InChI is InChI=1S/C13H20O6/c1-3-18-12(16)7-5-10(14)9-11(15)6-8-13(17)19-4-2/h3-9H2,1-2H3. The predicted molar refractivity (Wildman–Crippen MR) is 66.4 cm³/mol. The third kappa shape index (κ3) is 9.93. The average Bonchev–Trinajstić information content (AvgIpc) is 2.35. The Kier molecular flexibility index (Phi) is 9.30. The number of hydrogen-bond donors (Lipinski definition) is 0. The topological polar surface area (TPSA) is 86.7 Å². The van der Waals surface area contributed by atoms with Crippen molar-refractivity contribution < 1.29 is 28.7 Å². The van der Waals surface area contributed by atoms with Crippen molar-refractivity contribution in [2.24, 2.45) is 0 Å². The molecule has 6 nitrogen and oxygen atoms in total. The number of Topliss-reactive ketones (excluding diaryl/α,β-unsaturated/α-hetero) is 2. The average molecular weight is 272 g/mol.